The van der Waals surface area contributed by atoms with Crippen molar-refractivity contribution in [2.24, 2.45) is 0 Å². The van der Waals surface area contributed by atoms with Gasteiger partial charge < -0.3 is 0 Å². The number of hydrogen-bond donors (Lipinski definition) is 1. The minimum Gasteiger partial charge on any atom is -0.292 e. The van der Waals surface area contributed by atoms with Crippen LogP contribution in [0.15, 0.2) is 0 Å². The molecule has 1 amide bonds. The van der Waals surface area contributed by atoms with E-state index in [0.29, 0.717) is 6.92 Å². The largest absolute Gasteiger partial charge is 0.462 e. The van der Waals surface area contributed by atoms with Crippen molar-refractivity contribution in [3.63, 3.8) is 0 Å². The summed E-state index contributed by atoms with van der Waals surface area (Å²) in [6.07, 6.45) is -6.43. The fraction of sp³-hybridized carbons (Fsp3) is 0.800. The smallest absolute Gasteiger partial charge is 0.292 e. The molecule has 0 rings (SSSR count). The van der Waals surface area contributed by atoms with E-state index in [1.54, 1.807) is 0 Å². The summed E-state index contributed by atoms with van der Waals surface area (Å²) in [5.41, 5.74) is 0. The summed E-state index contributed by atoms with van der Waals surface area (Å²) in [6.45, 7) is 0.389. The number of carbonyl (C=O) groups is 1. The van der Waals surface area contributed by atoms with Crippen molar-refractivity contribution >= 4 is 5.91 Å². The average Bonchev–Trinajstić information content (AvgIpc) is 1.80. The highest BCUT2D eigenvalue weighted by atomic mass is 19.4. The predicted molar refractivity (Wildman–Crippen MR) is 29.8 cm³/mol. The lowest BCUT2D eigenvalue weighted by molar-refractivity contribution is -0.359. The van der Waals surface area contributed by atoms with Crippen LogP contribution < -0.4 is 5.32 Å². The number of carbonyl (C=O) groups excluding carboxylic acids is 1. The third-order valence-electron chi connectivity index (χ3n) is 1.08. The van der Waals surface area contributed by atoms with Gasteiger partial charge in [0, 0.05) is 6.92 Å². The molecule has 9 heteroatoms. The SMILES string of the molecule is CC(=O)NC(F)(F)C(F)(F)C(F)(F)F. The first-order valence-electron chi connectivity index (χ1n) is 3.03. The van der Waals surface area contributed by atoms with Gasteiger partial charge in [-0.1, -0.05) is 0 Å². The van der Waals surface area contributed by atoms with Crippen LogP contribution >= 0.6 is 0 Å². The minimum atomic E-state index is -6.43. The van der Waals surface area contributed by atoms with Crippen LogP contribution in [0.1, 0.15) is 6.92 Å². The standard InChI is InChI=1S/C5H4F7NO/c1-2(14)13-5(11,12)3(6,7)4(8,9)10/h1H3,(H,13,14). The van der Waals surface area contributed by atoms with Crippen molar-refractivity contribution in [3.8, 4) is 0 Å². The molecular formula is C5H4F7NO. The Morgan fingerprint density at radius 3 is 1.57 bits per heavy atom. The van der Waals surface area contributed by atoms with E-state index < -0.39 is 24.1 Å². The lowest BCUT2D eigenvalue weighted by Crippen LogP contribution is -2.60. The molecule has 14 heavy (non-hydrogen) atoms. The molecule has 0 aromatic heterocycles. The van der Waals surface area contributed by atoms with E-state index in [9.17, 15) is 35.5 Å². The maximum absolute atomic E-state index is 12.1. The molecule has 2 nitrogen and oxygen atoms in total. The monoisotopic (exact) mass is 227 g/mol. The van der Waals surface area contributed by atoms with Crippen LogP contribution in [0.25, 0.3) is 0 Å². The van der Waals surface area contributed by atoms with Crippen LogP contribution in [0.3, 0.4) is 0 Å². The van der Waals surface area contributed by atoms with Crippen LogP contribution in [0.2, 0.25) is 0 Å². The summed E-state index contributed by atoms with van der Waals surface area (Å²) < 4.78 is 82.4. The molecule has 0 bridgehead atoms. The second-order valence-corrected chi connectivity index (χ2v) is 2.33. The summed E-state index contributed by atoms with van der Waals surface area (Å²) >= 11 is 0. The molecule has 0 radical (unpaired) electrons. The van der Waals surface area contributed by atoms with Gasteiger partial charge in [-0.05, 0) is 0 Å². The van der Waals surface area contributed by atoms with Gasteiger partial charge in [0.2, 0.25) is 5.91 Å². The number of amides is 1. The molecule has 0 aromatic carbocycles. The second kappa shape index (κ2) is 3.28. The van der Waals surface area contributed by atoms with Gasteiger partial charge in [0.25, 0.3) is 0 Å². The van der Waals surface area contributed by atoms with Crippen molar-refractivity contribution in [1.29, 1.82) is 0 Å². The molecule has 0 aliphatic heterocycles. The molecule has 0 fully saturated rings. The summed E-state index contributed by atoms with van der Waals surface area (Å²) in [5, 5.41) is 0.224. The molecular weight excluding hydrogens is 223 g/mol. The molecule has 0 unspecified atom stereocenters. The average molecular weight is 227 g/mol. The maximum atomic E-state index is 12.1. The van der Waals surface area contributed by atoms with E-state index in [0.717, 1.165) is 0 Å². The number of alkyl halides is 7. The lowest BCUT2D eigenvalue weighted by atomic mass is 10.2. The van der Waals surface area contributed by atoms with E-state index in [1.165, 1.54) is 0 Å². The molecule has 84 valence electrons. The van der Waals surface area contributed by atoms with Crippen LogP contribution in [-0.4, -0.2) is 24.1 Å². The topological polar surface area (TPSA) is 29.1 Å². The molecule has 0 heterocycles. The van der Waals surface area contributed by atoms with Gasteiger partial charge in [-0.25, -0.2) is 0 Å². The zero-order valence-electron chi connectivity index (χ0n) is 6.55. The molecule has 1 N–H and O–H groups in total. The molecule has 0 saturated heterocycles. The molecule has 0 aliphatic carbocycles. The van der Waals surface area contributed by atoms with Gasteiger partial charge in [0.05, 0.1) is 0 Å². The van der Waals surface area contributed by atoms with E-state index in [-0.39, 0.29) is 5.32 Å². The highest BCUT2D eigenvalue weighted by Gasteiger charge is 2.73. The van der Waals surface area contributed by atoms with Gasteiger partial charge in [0.15, 0.2) is 0 Å². The van der Waals surface area contributed by atoms with Crippen molar-refractivity contribution in [3.05, 3.63) is 0 Å². The number of rotatable bonds is 2. The van der Waals surface area contributed by atoms with Crippen LogP contribution in [0.4, 0.5) is 30.7 Å². The van der Waals surface area contributed by atoms with Crippen molar-refractivity contribution in [1.82, 2.24) is 5.32 Å². The fourth-order valence-electron chi connectivity index (χ4n) is 0.478. The number of nitrogens with one attached hydrogen (secondary N) is 1. The second-order valence-electron chi connectivity index (χ2n) is 2.33. The maximum Gasteiger partial charge on any atom is 0.462 e. The third-order valence-corrected chi connectivity index (χ3v) is 1.08. The highest BCUT2D eigenvalue weighted by molar-refractivity contribution is 5.73. The Kier molecular flexibility index (Phi) is 3.04. The predicted octanol–water partition coefficient (Wildman–Crippen LogP) is 1.91. The minimum absolute atomic E-state index is 0.224. The lowest BCUT2D eigenvalue weighted by Gasteiger charge is -2.27. The van der Waals surface area contributed by atoms with Gasteiger partial charge in [0.1, 0.15) is 0 Å². The number of hydrogen-bond acceptors (Lipinski definition) is 1. The molecule has 0 aliphatic rings. The van der Waals surface area contributed by atoms with E-state index >= 15 is 0 Å². The summed E-state index contributed by atoms with van der Waals surface area (Å²) in [6, 6.07) is -5.66. The summed E-state index contributed by atoms with van der Waals surface area (Å²) in [5.74, 6) is -8.00. The van der Waals surface area contributed by atoms with E-state index in [1.807, 2.05) is 0 Å². The Bertz CT molecular complexity index is 233. The molecule has 0 aromatic rings. The molecule has 0 spiro atoms. The van der Waals surface area contributed by atoms with Crippen molar-refractivity contribution < 1.29 is 35.5 Å². The third kappa shape index (κ3) is 2.26. The Balaban J connectivity index is 4.97. The van der Waals surface area contributed by atoms with Crippen LogP contribution in [0.5, 0.6) is 0 Å². The first-order valence-corrected chi connectivity index (χ1v) is 3.03. The Labute approximate surface area is 73.1 Å². The zero-order valence-corrected chi connectivity index (χ0v) is 6.55. The van der Waals surface area contributed by atoms with Gasteiger partial charge in [-0.2, -0.15) is 30.7 Å². The van der Waals surface area contributed by atoms with Crippen molar-refractivity contribution in [2.75, 3.05) is 0 Å². The molecule has 0 saturated carbocycles. The number of halogens is 7. The Morgan fingerprint density at radius 1 is 1.00 bits per heavy atom. The first kappa shape index (κ1) is 13.0. The van der Waals surface area contributed by atoms with E-state index in [4.69, 9.17) is 0 Å². The van der Waals surface area contributed by atoms with Crippen LogP contribution in [-0.2, 0) is 4.79 Å². The Hall–Kier alpha value is -1.02. The normalized spacial score (nSPS) is 14.0. The fourth-order valence-corrected chi connectivity index (χ4v) is 0.478. The van der Waals surface area contributed by atoms with Crippen LogP contribution in [0, 0.1) is 0 Å². The summed E-state index contributed by atoms with van der Waals surface area (Å²) in [4.78, 5) is 9.94. The quantitative estimate of drug-likeness (QED) is 0.566. The van der Waals surface area contributed by atoms with E-state index in [2.05, 4.69) is 0 Å². The van der Waals surface area contributed by atoms with Gasteiger partial charge in [-0.3, -0.25) is 10.1 Å². The summed E-state index contributed by atoms with van der Waals surface area (Å²) in [7, 11) is 0. The highest BCUT2D eigenvalue weighted by Crippen LogP contribution is 2.44. The zero-order chi connectivity index (χ0) is 11.8. The Morgan fingerprint density at radius 2 is 1.36 bits per heavy atom. The van der Waals surface area contributed by atoms with Gasteiger partial charge in [-0.15, -0.1) is 0 Å². The van der Waals surface area contributed by atoms with Crippen molar-refractivity contribution in [2.45, 2.75) is 25.1 Å². The van der Waals surface area contributed by atoms with Gasteiger partial charge >= 0.3 is 18.1 Å². The first-order chi connectivity index (χ1) is 5.92. The molecule has 0 atom stereocenters.